The Morgan fingerprint density at radius 2 is 1.67 bits per heavy atom. The molecule has 4 aromatic rings. The SMILES string of the molecule is CC(=O)Nc1cc(Oc2ccc3ccc(C(=O)Nc4cc(CN)cc(C(F)(F)F)c4)cc3c2)ccn1. The molecule has 0 spiro atoms. The lowest BCUT2D eigenvalue weighted by Crippen LogP contribution is -2.14. The summed E-state index contributed by atoms with van der Waals surface area (Å²) >= 11 is 0. The van der Waals surface area contributed by atoms with Gasteiger partial charge in [0.05, 0.1) is 5.56 Å². The lowest BCUT2D eigenvalue weighted by Gasteiger charge is -2.13. The molecule has 3 aromatic carbocycles. The molecule has 0 radical (unpaired) electrons. The van der Waals surface area contributed by atoms with Gasteiger partial charge in [0.15, 0.2) is 0 Å². The lowest BCUT2D eigenvalue weighted by molar-refractivity contribution is -0.137. The largest absolute Gasteiger partial charge is 0.457 e. The van der Waals surface area contributed by atoms with E-state index in [9.17, 15) is 22.8 Å². The molecule has 4 rings (SSSR count). The Labute approximate surface area is 204 Å². The summed E-state index contributed by atoms with van der Waals surface area (Å²) in [5.41, 5.74) is 5.13. The zero-order chi connectivity index (χ0) is 25.9. The van der Waals surface area contributed by atoms with Crippen molar-refractivity contribution in [2.45, 2.75) is 19.6 Å². The van der Waals surface area contributed by atoms with Gasteiger partial charge < -0.3 is 21.1 Å². The molecule has 0 aliphatic carbocycles. The number of nitrogens with one attached hydrogen (secondary N) is 2. The van der Waals surface area contributed by atoms with Gasteiger partial charge in [-0.25, -0.2) is 4.98 Å². The molecule has 0 unspecified atom stereocenters. The zero-order valence-electron chi connectivity index (χ0n) is 19.0. The maximum atomic E-state index is 13.2. The number of nitrogens with two attached hydrogens (primary N) is 1. The van der Waals surface area contributed by atoms with Crippen molar-refractivity contribution in [3.63, 3.8) is 0 Å². The molecule has 0 aliphatic rings. The van der Waals surface area contributed by atoms with Crippen LogP contribution in [0.2, 0.25) is 0 Å². The van der Waals surface area contributed by atoms with Crippen molar-refractivity contribution in [2.75, 3.05) is 10.6 Å². The molecule has 0 saturated heterocycles. The predicted molar refractivity (Wildman–Crippen MR) is 130 cm³/mol. The summed E-state index contributed by atoms with van der Waals surface area (Å²) in [5, 5.41) is 6.61. The number of anilines is 2. The molecule has 0 aliphatic heterocycles. The minimum atomic E-state index is -4.57. The van der Waals surface area contributed by atoms with Crippen molar-refractivity contribution in [3.8, 4) is 11.5 Å². The van der Waals surface area contributed by atoms with E-state index >= 15 is 0 Å². The third kappa shape index (κ3) is 5.97. The molecule has 4 N–H and O–H groups in total. The molecule has 184 valence electrons. The van der Waals surface area contributed by atoms with Crippen molar-refractivity contribution in [3.05, 3.63) is 89.6 Å². The molecule has 1 aromatic heterocycles. The number of carbonyl (C=O) groups excluding carboxylic acids is 2. The maximum Gasteiger partial charge on any atom is 0.416 e. The number of carbonyl (C=O) groups is 2. The number of halogens is 3. The smallest absolute Gasteiger partial charge is 0.416 e. The number of amides is 2. The van der Waals surface area contributed by atoms with Crippen LogP contribution >= 0.6 is 0 Å². The van der Waals surface area contributed by atoms with Gasteiger partial charge in [-0.1, -0.05) is 12.1 Å². The van der Waals surface area contributed by atoms with Crippen LogP contribution < -0.4 is 21.1 Å². The second kappa shape index (κ2) is 10.0. The minimum absolute atomic E-state index is 0.000109. The van der Waals surface area contributed by atoms with E-state index in [1.807, 2.05) is 6.07 Å². The van der Waals surface area contributed by atoms with Crippen LogP contribution in [0.25, 0.3) is 10.8 Å². The van der Waals surface area contributed by atoms with E-state index in [4.69, 9.17) is 10.5 Å². The van der Waals surface area contributed by atoms with Crippen LogP contribution in [0.4, 0.5) is 24.7 Å². The number of rotatable bonds is 6. The third-order valence-corrected chi connectivity index (χ3v) is 5.16. The summed E-state index contributed by atoms with van der Waals surface area (Å²) in [4.78, 5) is 28.1. The highest BCUT2D eigenvalue weighted by Crippen LogP contribution is 2.32. The number of hydrogen-bond donors (Lipinski definition) is 3. The normalized spacial score (nSPS) is 11.2. The molecular weight excluding hydrogens is 473 g/mol. The average Bonchev–Trinajstić information content (AvgIpc) is 2.82. The Kier molecular flexibility index (Phi) is 6.89. The first-order valence-electron chi connectivity index (χ1n) is 10.8. The first kappa shape index (κ1) is 24.7. The molecule has 0 saturated carbocycles. The van der Waals surface area contributed by atoms with Crippen LogP contribution in [-0.4, -0.2) is 16.8 Å². The summed E-state index contributed by atoms with van der Waals surface area (Å²) in [6.07, 6.45) is -3.07. The van der Waals surface area contributed by atoms with E-state index in [2.05, 4.69) is 15.6 Å². The van der Waals surface area contributed by atoms with Gasteiger partial charge >= 0.3 is 6.18 Å². The summed E-state index contributed by atoms with van der Waals surface area (Å²) in [7, 11) is 0. The number of fused-ring (bicyclic) bond motifs is 1. The molecule has 0 bridgehead atoms. The zero-order valence-corrected chi connectivity index (χ0v) is 19.0. The number of aromatic nitrogens is 1. The minimum Gasteiger partial charge on any atom is -0.457 e. The molecule has 0 atom stereocenters. The van der Waals surface area contributed by atoms with Crippen LogP contribution in [0, 0.1) is 0 Å². The highest BCUT2D eigenvalue weighted by Gasteiger charge is 2.31. The number of alkyl halides is 3. The first-order valence-corrected chi connectivity index (χ1v) is 10.8. The molecule has 0 fully saturated rings. The molecule has 36 heavy (non-hydrogen) atoms. The first-order chi connectivity index (χ1) is 17.1. The lowest BCUT2D eigenvalue weighted by atomic mass is 10.1. The fourth-order valence-corrected chi connectivity index (χ4v) is 3.54. The highest BCUT2D eigenvalue weighted by atomic mass is 19.4. The Balaban J connectivity index is 1.57. The summed E-state index contributed by atoms with van der Waals surface area (Å²) < 4.78 is 45.5. The van der Waals surface area contributed by atoms with Gasteiger partial charge in [0.1, 0.15) is 17.3 Å². The number of ether oxygens (including phenoxy) is 1. The van der Waals surface area contributed by atoms with Crippen molar-refractivity contribution < 1.29 is 27.5 Å². The van der Waals surface area contributed by atoms with Gasteiger partial charge in [0.25, 0.3) is 5.91 Å². The Bertz CT molecular complexity index is 1450. The molecular formula is C26H21F3N4O3. The van der Waals surface area contributed by atoms with E-state index in [0.29, 0.717) is 22.7 Å². The van der Waals surface area contributed by atoms with Gasteiger partial charge in [-0.15, -0.1) is 0 Å². The van der Waals surface area contributed by atoms with E-state index in [0.717, 1.165) is 17.5 Å². The summed E-state index contributed by atoms with van der Waals surface area (Å²) in [5.74, 6) is 0.431. The highest BCUT2D eigenvalue weighted by molar-refractivity contribution is 6.06. The van der Waals surface area contributed by atoms with Crippen molar-refractivity contribution in [1.29, 1.82) is 0 Å². The Morgan fingerprint density at radius 1 is 0.917 bits per heavy atom. The van der Waals surface area contributed by atoms with Crippen LogP contribution in [-0.2, 0) is 17.5 Å². The monoisotopic (exact) mass is 494 g/mol. The van der Waals surface area contributed by atoms with E-state index in [1.54, 1.807) is 42.5 Å². The predicted octanol–water partition coefficient (Wildman–Crippen LogP) is 5.72. The fraction of sp³-hybridized carbons (Fsp3) is 0.115. The van der Waals surface area contributed by atoms with Gasteiger partial charge in [-0.05, 0) is 64.9 Å². The van der Waals surface area contributed by atoms with Crippen molar-refractivity contribution in [1.82, 2.24) is 4.98 Å². The number of benzene rings is 3. The summed E-state index contributed by atoms with van der Waals surface area (Å²) in [6.45, 7) is 1.27. The van der Waals surface area contributed by atoms with E-state index in [1.165, 1.54) is 19.2 Å². The van der Waals surface area contributed by atoms with Gasteiger partial charge in [-0.2, -0.15) is 13.2 Å². The average molecular weight is 494 g/mol. The summed E-state index contributed by atoms with van der Waals surface area (Å²) in [6, 6.07) is 16.6. The molecule has 2 amide bonds. The number of nitrogens with zero attached hydrogens (tertiary/aromatic N) is 1. The van der Waals surface area contributed by atoms with E-state index < -0.39 is 17.6 Å². The second-order valence-electron chi connectivity index (χ2n) is 7.96. The standard InChI is InChI=1S/C26H21F3N4O3/c1-15(34)32-24-13-23(6-7-31-24)36-22-5-4-17-2-3-18(10-19(17)11-22)25(35)33-21-9-16(14-30)8-20(12-21)26(27,28)29/h2-13H,14,30H2,1H3,(H,33,35)(H,31,32,34). The fourth-order valence-electron chi connectivity index (χ4n) is 3.54. The molecule has 10 heteroatoms. The van der Waals surface area contributed by atoms with Crippen molar-refractivity contribution >= 4 is 34.1 Å². The second-order valence-corrected chi connectivity index (χ2v) is 7.96. The quantitative estimate of drug-likeness (QED) is 0.318. The van der Waals surface area contributed by atoms with Crippen LogP contribution in [0.1, 0.15) is 28.4 Å². The molecule has 1 heterocycles. The molecule has 7 nitrogen and oxygen atoms in total. The topological polar surface area (TPSA) is 106 Å². The Hall–Kier alpha value is -4.44. The van der Waals surface area contributed by atoms with Crippen molar-refractivity contribution in [2.24, 2.45) is 5.73 Å². The maximum absolute atomic E-state index is 13.2. The van der Waals surface area contributed by atoms with Crippen LogP contribution in [0.3, 0.4) is 0 Å². The van der Waals surface area contributed by atoms with Gasteiger partial charge in [0.2, 0.25) is 5.91 Å². The van der Waals surface area contributed by atoms with Crippen LogP contribution in [0.15, 0.2) is 72.9 Å². The van der Waals surface area contributed by atoms with Crippen LogP contribution in [0.5, 0.6) is 11.5 Å². The number of hydrogen-bond acceptors (Lipinski definition) is 5. The Morgan fingerprint density at radius 3 is 2.39 bits per heavy atom. The third-order valence-electron chi connectivity index (χ3n) is 5.16. The van der Waals surface area contributed by atoms with E-state index in [-0.39, 0.29) is 29.3 Å². The number of pyridine rings is 1. The van der Waals surface area contributed by atoms with Gasteiger partial charge in [0, 0.05) is 37.0 Å². The van der Waals surface area contributed by atoms with Gasteiger partial charge in [-0.3, -0.25) is 9.59 Å².